The number of aromatic nitrogens is 1. The van der Waals surface area contributed by atoms with Gasteiger partial charge in [0.05, 0.1) is 27.4 Å². The number of pyridine rings is 1. The van der Waals surface area contributed by atoms with Crippen LogP contribution in [0.3, 0.4) is 0 Å². The fourth-order valence-electron chi connectivity index (χ4n) is 4.31. The molecule has 0 saturated heterocycles. The van der Waals surface area contributed by atoms with Crippen LogP contribution >= 0.6 is 0 Å². The van der Waals surface area contributed by atoms with Crippen molar-refractivity contribution < 1.29 is 14.9 Å². The molecule has 0 unspecified atom stereocenters. The van der Waals surface area contributed by atoms with Crippen molar-refractivity contribution in [1.82, 2.24) is 4.57 Å². The average molecular weight is 399 g/mol. The maximum atomic E-state index is 13.5. The summed E-state index contributed by atoms with van der Waals surface area (Å²) >= 11 is 0. The Morgan fingerprint density at radius 2 is 1.70 bits per heavy atom. The number of phenols is 2. The van der Waals surface area contributed by atoms with E-state index < -0.39 is 5.60 Å². The number of nitrogens with zero attached hydrogens (tertiary/aromatic N) is 1. The van der Waals surface area contributed by atoms with Crippen molar-refractivity contribution in [2.75, 3.05) is 0 Å². The topological polar surface area (TPSA) is 71.7 Å². The molecule has 0 saturated carbocycles. The molecule has 2 N–H and O–H groups in total. The van der Waals surface area contributed by atoms with E-state index in [-0.39, 0.29) is 22.3 Å². The predicted molar refractivity (Wildman–Crippen MR) is 119 cm³/mol. The molecule has 0 amide bonds. The molecule has 1 aliphatic rings. The monoisotopic (exact) mass is 399 g/mol. The molecule has 150 valence electrons. The van der Waals surface area contributed by atoms with Crippen LogP contribution in [-0.4, -0.2) is 20.4 Å². The highest BCUT2D eigenvalue weighted by molar-refractivity contribution is 6.07. The van der Waals surface area contributed by atoms with E-state index in [1.54, 1.807) is 29.8 Å². The Bertz CT molecular complexity index is 1430. The van der Waals surface area contributed by atoms with Gasteiger partial charge in [0.2, 0.25) is 5.43 Å². The molecule has 5 nitrogen and oxygen atoms in total. The van der Waals surface area contributed by atoms with Crippen LogP contribution in [-0.2, 0) is 7.05 Å². The van der Waals surface area contributed by atoms with Crippen LogP contribution in [0.25, 0.3) is 39.0 Å². The lowest BCUT2D eigenvalue weighted by Gasteiger charge is -2.31. The van der Waals surface area contributed by atoms with Crippen molar-refractivity contribution >= 4 is 27.9 Å². The minimum atomic E-state index is -0.575. The summed E-state index contributed by atoms with van der Waals surface area (Å²) in [6, 6.07) is 14.3. The second-order valence-electron chi connectivity index (χ2n) is 8.16. The Morgan fingerprint density at radius 3 is 2.43 bits per heavy atom. The Kier molecular flexibility index (Phi) is 3.74. The van der Waals surface area contributed by atoms with Crippen LogP contribution in [0.2, 0.25) is 0 Å². The largest absolute Gasteiger partial charge is 0.506 e. The molecule has 30 heavy (non-hydrogen) atoms. The van der Waals surface area contributed by atoms with Crippen LogP contribution in [0.5, 0.6) is 17.2 Å². The fourth-order valence-corrected chi connectivity index (χ4v) is 4.31. The molecular formula is C25H21NO4. The summed E-state index contributed by atoms with van der Waals surface area (Å²) in [5.74, 6) is 0.408. The number of para-hydroxylation sites is 1. The molecule has 0 spiro atoms. The maximum Gasteiger partial charge on any atom is 0.201 e. The molecular weight excluding hydrogens is 378 g/mol. The van der Waals surface area contributed by atoms with Gasteiger partial charge in [-0.05, 0) is 43.7 Å². The Balaban J connectivity index is 2.07. The molecule has 1 aromatic heterocycles. The first-order chi connectivity index (χ1) is 14.3. The highest BCUT2D eigenvalue weighted by Crippen LogP contribution is 2.49. The lowest BCUT2D eigenvalue weighted by atomic mass is 9.91. The number of rotatable bonds is 1. The molecule has 0 bridgehead atoms. The molecule has 0 fully saturated rings. The van der Waals surface area contributed by atoms with Gasteiger partial charge in [0.15, 0.2) is 0 Å². The van der Waals surface area contributed by atoms with Crippen LogP contribution in [0.1, 0.15) is 19.4 Å². The predicted octanol–water partition coefficient (Wildman–Crippen LogP) is 4.95. The van der Waals surface area contributed by atoms with Gasteiger partial charge in [0, 0.05) is 12.6 Å². The van der Waals surface area contributed by atoms with Crippen molar-refractivity contribution in [3.05, 3.63) is 70.4 Å². The molecule has 5 heteroatoms. The van der Waals surface area contributed by atoms with Gasteiger partial charge in [-0.1, -0.05) is 36.4 Å². The number of aryl methyl sites for hydroxylation is 1. The minimum absolute atomic E-state index is 0.00964. The molecule has 3 aromatic carbocycles. The van der Waals surface area contributed by atoms with E-state index in [0.717, 1.165) is 5.56 Å². The average Bonchev–Trinajstić information content (AvgIpc) is 2.71. The van der Waals surface area contributed by atoms with Gasteiger partial charge >= 0.3 is 0 Å². The van der Waals surface area contributed by atoms with Crippen molar-refractivity contribution in [3.63, 3.8) is 0 Å². The number of phenolic OH excluding ortho intramolecular Hbond substituents is 2. The highest BCUT2D eigenvalue weighted by Gasteiger charge is 2.31. The number of hydrogen-bond acceptors (Lipinski definition) is 4. The van der Waals surface area contributed by atoms with Crippen LogP contribution < -0.4 is 10.2 Å². The molecule has 0 atom stereocenters. The van der Waals surface area contributed by atoms with E-state index in [9.17, 15) is 15.0 Å². The smallest absolute Gasteiger partial charge is 0.201 e. The number of aromatic hydroxyl groups is 2. The number of hydrogen-bond donors (Lipinski definition) is 2. The summed E-state index contributed by atoms with van der Waals surface area (Å²) in [7, 11) is 1.78. The molecule has 5 rings (SSSR count). The Morgan fingerprint density at radius 1 is 0.967 bits per heavy atom. The van der Waals surface area contributed by atoms with Crippen LogP contribution in [0, 0.1) is 0 Å². The van der Waals surface area contributed by atoms with Gasteiger partial charge < -0.3 is 19.5 Å². The van der Waals surface area contributed by atoms with Crippen LogP contribution in [0.4, 0.5) is 0 Å². The Labute approximate surface area is 173 Å². The first-order valence-electron chi connectivity index (χ1n) is 9.77. The first kappa shape index (κ1) is 18.3. The summed E-state index contributed by atoms with van der Waals surface area (Å²) in [6.07, 6.45) is 3.86. The van der Waals surface area contributed by atoms with Gasteiger partial charge in [-0.3, -0.25) is 4.79 Å². The molecule has 2 heterocycles. The lowest BCUT2D eigenvalue weighted by Crippen LogP contribution is -2.28. The minimum Gasteiger partial charge on any atom is -0.506 e. The Hall–Kier alpha value is -3.73. The summed E-state index contributed by atoms with van der Waals surface area (Å²) in [4.78, 5) is 13.5. The summed E-state index contributed by atoms with van der Waals surface area (Å²) < 4.78 is 8.06. The summed E-state index contributed by atoms with van der Waals surface area (Å²) in [5, 5.41) is 22.4. The molecule has 4 aromatic rings. The van der Waals surface area contributed by atoms with E-state index >= 15 is 0 Å². The second-order valence-corrected chi connectivity index (χ2v) is 8.16. The van der Waals surface area contributed by atoms with Crippen LogP contribution in [0.15, 0.2) is 59.4 Å². The summed E-state index contributed by atoms with van der Waals surface area (Å²) in [6.45, 7) is 3.88. The maximum absolute atomic E-state index is 13.5. The van der Waals surface area contributed by atoms with Gasteiger partial charge in [-0.25, -0.2) is 0 Å². The SMILES string of the molecule is Cn1c2c(O)cccc2c(=O)c2c(O)c(-c3ccccc3)c3c(c21)C=CC(C)(C)O3. The first-order valence-corrected chi connectivity index (χ1v) is 9.77. The molecule has 0 radical (unpaired) electrons. The lowest BCUT2D eigenvalue weighted by molar-refractivity contribution is 0.160. The zero-order valence-corrected chi connectivity index (χ0v) is 16.9. The van der Waals surface area contributed by atoms with Gasteiger partial charge in [-0.15, -0.1) is 0 Å². The zero-order valence-electron chi connectivity index (χ0n) is 16.9. The van der Waals surface area contributed by atoms with Gasteiger partial charge in [0.1, 0.15) is 22.8 Å². The number of benzene rings is 3. The number of ether oxygens (including phenoxy) is 1. The third kappa shape index (κ3) is 2.45. The zero-order chi connectivity index (χ0) is 21.2. The number of fused-ring (bicyclic) bond motifs is 4. The van der Waals surface area contributed by atoms with E-state index in [1.807, 2.05) is 56.3 Å². The van der Waals surface area contributed by atoms with E-state index in [4.69, 9.17) is 4.74 Å². The van der Waals surface area contributed by atoms with Crippen molar-refractivity contribution in [2.45, 2.75) is 19.4 Å². The second kappa shape index (κ2) is 6.13. The van der Waals surface area contributed by atoms with Gasteiger partial charge in [0.25, 0.3) is 0 Å². The van der Waals surface area contributed by atoms with Crippen molar-refractivity contribution in [2.24, 2.45) is 7.05 Å². The third-order valence-electron chi connectivity index (χ3n) is 5.67. The quantitative estimate of drug-likeness (QED) is 0.444. The van der Waals surface area contributed by atoms with Gasteiger partial charge in [-0.2, -0.15) is 0 Å². The van der Waals surface area contributed by atoms with Crippen molar-refractivity contribution in [1.29, 1.82) is 0 Å². The standard InChI is InChI=1S/C25H21NO4/c1-25(2)13-12-16-21-19(22(28)15-10-7-11-17(27)20(15)26(21)3)23(29)18(24(16)30-25)14-8-5-4-6-9-14/h4-13,27,29H,1-3H3. The normalized spacial score (nSPS) is 14.6. The van der Waals surface area contributed by atoms with Crippen molar-refractivity contribution in [3.8, 4) is 28.4 Å². The van der Waals surface area contributed by atoms with E-state index in [0.29, 0.717) is 33.3 Å². The van der Waals surface area contributed by atoms with E-state index in [2.05, 4.69) is 0 Å². The highest BCUT2D eigenvalue weighted by atomic mass is 16.5. The molecule has 1 aliphatic heterocycles. The summed E-state index contributed by atoms with van der Waals surface area (Å²) in [5.41, 5.74) is 1.99. The third-order valence-corrected chi connectivity index (χ3v) is 5.67. The van der Waals surface area contributed by atoms with E-state index in [1.165, 1.54) is 0 Å². The molecule has 0 aliphatic carbocycles. The fraction of sp³-hybridized carbons (Fsp3) is 0.160.